The predicted octanol–water partition coefficient (Wildman–Crippen LogP) is 3.62. The third-order valence-electron chi connectivity index (χ3n) is 4.48. The molecule has 1 aromatic heterocycles. The summed E-state index contributed by atoms with van der Waals surface area (Å²) in [5, 5.41) is 8.33. The van der Waals surface area contributed by atoms with Crippen molar-refractivity contribution in [3.8, 4) is 0 Å². The predicted molar refractivity (Wildman–Crippen MR) is 86.5 cm³/mol. The highest BCUT2D eigenvalue weighted by Gasteiger charge is 2.23. The van der Waals surface area contributed by atoms with Gasteiger partial charge in [0.05, 0.1) is 12.7 Å². The van der Waals surface area contributed by atoms with Crippen molar-refractivity contribution < 1.29 is 0 Å². The van der Waals surface area contributed by atoms with Crippen molar-refractivity contribution in [3.05, 3.63) is 52.8 Å². The zero-order valence-electron chi connectivity index (χ0n) is 13.1. The number of hydrogen-bond donors (Lipinski definition) is 1. The van der Waals surface area contributed by atoms with Crippen LogP contribution in [0.25, 0.3) is 0 Å². The van der Waals surface area contributed by atoms with E-state index in [1.54, 1.807) is 0 Å². The molecule has 0 amide bonds. The summed E-state index contributed by atoms with van der Waals surface area (Å²) in [6, 6.07) is 9.10. The van der Waals surface area contributed by atoms with Crippen LogP contribution in [0, 0.1) is 6.92 Å². The Hall–Kier alpha value is -1.61. The number of aromatic nitrogens is 2. The molecule has 1 N–H and O–H groups in total. The lowest BCUT2D eigenvalue weighted by Crippen LogP contribution is -2.26. The highest BCUT2D eigenvalue weighted by atomic mass is 15.3. The van der Waals surface area contributed by atoms with Gasteiger partial charge < -0.3 is 5.32 Å². The van der Waals surface area contributed by atoms with E-state index >= 15 is 0 Å². The Labute approximate surface area is 127 Å². The van der Waals surface area contributed by atoms with Gasteiger partial charge in [0.1, 0.15) is 0 Å². The first kappa shape index (κ1) is 14.3. The number of aryl methyl sites for hydroxylation is 1. The molecule has 1 unspecified atom stereocenters. The van der Waals surface area contributed by atoms with Gasteiger partial charge >= 0.3 is 0 Å². The molecular weight excluding hydrogens is 258 g/mol. The monoisotopic (exact) mass is 283 g/mol. The van der Waals surface area contributed by atoms with E-state index < -0.39 is 0 Å². The Bertz CT molecular complexity index is 600. The maximum atomic E-state index is 4.67. The van der Waals surface area contributed by atoms with Crippen LogP contribution >= 0.6 is 0 Å². The molecule has 3 rings (SSSR count). The average molecular weight is 283 g/mol. The smallest absolute Gasteiger partial charge is 0.0665 e. The molecule has 21 heavy (non-hydrogen) atoms. The summed E-state index contributed by atoms with van der Waals surface area (Å²) in [6.07, 6.45) is 6.92. The number of hydrogen-bond acceptors (Lipinski definition) is 2. The molecule has 0 saturated carbocycles. The maximum absolute atomic E-state index is 4.67. The third kappa shape index (κ3) is 3.03. The summed E-state index contributed by atoms with van der Waals surface area (Å²) >= 11 is 0. The van der Waals surface area contributed by atoms with Gasteiger partial charge in [-0.3, -0.25) is 4.68 Å². The molecule has 0 spiro atoms. The fourth-order valence-corrected chi connectivity index (χ4v) is 3.23. The minimum absolute atomic E-state index is 0.499. The first-order valence-electron chi connectivity index (χ1n) is 8.12. The number of nitrogens with one attached hydrogen (secondary N) is 1. The molecule has 1 aliphatic carbocycles. The molecule has 1 aromatic carbocycles. The van der Waals surface area contributed by atoms with Crippen molar-refractivity contribution >= 4 is 0 Å². The molecule has 112 valence electrons. The van der Waals surface area contributed by atoms with Crippen LogP contribution in [0.5, 0.6) is 0 Å². The van der Waals surface area contributed by atoms with Crippen molar-refractivity contribution in [2.75, 3.05) is 6.54 Å². The molecule has 0 bridgehead atoms. The molecule has 0 fully saturated rings. The average Bonchev–Trinajstić information content (AvgIpc) is 2.91. The zero-order valence-corrected chi connectivity index (χ0v) is 13.1. The van der Waals surface area contributed by atoms with Gasteiger partial charge in [0.15, 0.2) is 0 Å². The second kappa shape index (κ2) is 6.44. The molecule has 0 radical (unpaired) electrons. The third-order valence-corrected chi connectivity index (χ3v) is 4.48. The molecule has 3 heteroatoms. The van der Waals surface area contributed by atoms with Gasteiger partial charge in [0.25, 0.3) is 0 Å². The van der Waals surface area contributed by atoms with E-state index in [4.69, 9.17) is 0 Å². The fourth-order valence-electron chi connectivity index (χ4n) is 3.23. The van der Waals surface area contributed by atoms with Gasteiger partial charge in [-0.2, -0.15) is 5.10 Å². The molecule has 2 aromatic rings. The first-order valence-corrected chi connectivity index (χ1v) is 8.12. The lowest BCUT2D eigenvalue weighted by atomic mass is 9.93. The summed E-state index contributed by atoms with van der Waals surface area (Å²) in [5.74, 6) is 0. The van der Waals surface area contributed by atoms with Crippen LogP contribution in [0.2, 0.25) is 0 Å². The van der Waals surface area contributed by atoms with Gasteiger partial charge in [-0.25, -0.2) is 0 Å². The van der Waals surface area contributed by atoms with Crippen molar-refractivity contribution in [2.24, 2.45) is 0 Å². The molecule has 0 saturated heterocycles. The van der Waals surface area contributed by atoms with Crippen LogP contribution < -0.4 is 5.32 Å². The van der Waals surface area contributed by atoms with Crippen LogP contribution in [0.4, 0.5) is 0 Å². The lowest BCUT2D eigenvalue weighted by molar-refractivity contribution is 0.450. The van der Waals surface area contributed by atoms with Crippen LogP contribution in [-0.2, 0) is 13.0 Å². The highest BCUT2D eigenvalue weighted by Crippen LogP contribution is 2.30. The maximum Gasteiger partial charge on any atom is 0.0665 e. The minimum atomic E-state index is 0.499. The second-order valence-electron chi connectivity index (χ2n) is 6.03. The number of benzene rings is 1. The van der Waals surface area contributed by atoms with Crippen molar-refractivity contribution in [1.29, 1.82) is 0 Å². The topological polar surface area (TPSA) is 29.9 Å². The first-order chi connectivity index (χ1) is 10.3. The Balaban J connectivity index is 1.82. The quantitative estimate of drug-likeness (QED) is 0.908. The van der Waals surface area contributed by atoms with E-state index in [2.05, 4.69) is 59.4 Å². The second-order valence-corrected chi connectivity index (χ2v) is 6.03. The van der Waals surface area contributed by atoms with Gasteiger partial charge in [-0.05, 0) is 50.3 Å². The Morgan fingerprint density at radius 1 is 1.33 bits per heavy atom. The van der Waals surface area contributed by atoms with E-state index in [1.807, 2.05) is 0 Å². The fraction of sp³-hybridized carbons (Fsp3) is 0.500. The van der Waals surface area contributed by atoms with Crippen LogP contribution in [-0.4, -0.2) is 16.3 Å². The molecule has 0 aliphatic heterocycles. The summed E-state index contributed by atoms with van der Waals surface area (Å²) in [4.78, 5) is 0. The number of fused-ring (bicyclic) bond motifs is 1. The summed E-state index contributed by atoms with van der Waals surface area (Å²) in [6.45, 7) is 6.38. The zero-order chi connectivity index (χ0) is 14.7. The van der Waals surface area contributed by atoms with E-state index in [-0.39, 0.29) is 0 Å². The van der Waals surface area contributed by atoms with Gasteiger partial charge in [-0.1, -0.05) is 31.2 Å². The Kier molecular flexibility index (Phi) is 4.39. The van der Waals surface area contributed by atoms with Crippen molar-refractivity contribution in [2.45, 2.75) is 52.1 Å². The standard InChI is InChI=1S/C18H25N3/c1-3-11-19-17-9-6-10-18-16(17)12-20-21(18)13-15-8-5-4-7-14(15)2/h4-5,7-8,12,17,19H,3,6,9-11,13H2,1-2H3. The van der Waals surface area contributed by atoms with Crippen molar-refractivity contribution in [1.82, 2.24) is 15.1 Å². The molecule has 1 heterocycles. The SMILES string of the molecule is CCCNC1CCCc2c1cnn2Cc1ccccc1C. The summed E-state index contributed by atoms with van der Waals surface area (Å²) < 4.78 is 2.21. The van der Waals surface area contributed by atoms with Crippen LogP contribution in [0.15, 0.2) is 30.5 Å². The number of rotatable bonds is 5. The van der Waals surface area contributed by atoms with Crippen LogP contribution in [0.3, 0.4) is 0 Å². The van der Waals surface area contributed by atoms with E-state index in [9.17, 15) is 0 Å². The molecule has 1 atom stereocenters. The minimum Gasteiger partial charge on any atom is -0.310 e. The van der Waals surface area contributed by atoms with Crippen molar-refractivity contribution in [3.63, 3.8) is 0 Å². The van der Waals surface area contributed by atoms with Gasteiger partial charge in [-0.15, -0.1) is 0 Å². The molecular formula is C18H25N3. The lowest BCUT2D eigenvalue weighted by Gasteiger charge is -2.24. The number of nitrogens with zero attached hydrogens (tertiary/aromatic N) is 2. The van der Waals surface area contributed by atoms with Gasteiger partial charge in [0.2, 0.25) is 0 Å². The Morgan fingerprint density at radius 2 is 2.19 bits per heavy atom. The Morgan fingerprint density at radius 3 is 3.00 bits per heavy atom. The molecule has 3 nitrogen and oxygen atoms in total. The largest absolute Gasteiger partial charge is 0.310 e. The highest BCUT2D eigenvalue weighted by molar-refractivity contribution is 5.29. The summed E-state index contributed by atoms with van der Waals surface area (Å²) in [7, 11) is 0. The van der Waals surface area contributed by atoms with E-state index in [0.717, 1.165) is 19.5 Å². The van der Waals surface area contributed by atoms with Gasteiger partial charge in [0, 0.05) is 17.3 Å². The van der Waals surface area contributed by atoms with E-state index in [0.29, 0.717) is 6.04 Å². The summed E-state index contributed by atoms with van der Waals surface area (Å²) in [5.41, 5.74) is 5.56. The molecule has 1 aliphatic rings. The van der Waals surface area contributed by atoms with E-state index in [1.165, 1.54) is 41.6 Å². The van der Waals surface area contributed by atoms with Crippen LogP contribution in [0.1, 0.15) is 54.6 Å². The normalized spacial score (nSPS) is 17.7.